The second-order valence-electron chi connectivity index (χ2n) is 6.59. The van der Waals surface area contributed by atoms with E-state index in [0.29, 0.717) is 12.1 Å². The van der Waals surface area contributed by atoms with E-state index in [0.717, 1.165) is 32.5 Å². The van der Waals surface area contributed by atoms with Crippen LogP contribution in [0.15, 0.2) is 12.3 Å². The molecular weight excluding hydrogens is 248 g/mol. The van der Waals surface area contributed by atoms with Gasteiger partial charge < -0.3 is 5.32 Å². The van der Waals surface area contributed by atoms with E-state index in [9.17, 15) is 0 Å². The number of nitrogens with one attached hydrogen (secondary N) is 1. The summed E-state index contributed by atoms with van der Waals surface area (Å²) in [7, 11) is 0. The number of piperazine rings is 1. The van der Waals surface area contributed by atoms with Crippen LogP contribution in [0, 0.1) is 0 Å². The summed E-state index contributed by atoms with van der Waals surface area (Å²) >= 11 is 0. The quantitative estimate of drug-likeness (QED) is 0.899. The van der Waals surface area contributed by atoms with Crippen LogP contribution >= 0.6 is 0 Å². The van der Waals surface area contributed by atoms with Crippen molar-refractivity contribution < 1.29 is 0 Å². The first kappa shape index (κ1) is 15.5. The zero-order chi connectivity index (χ0) is 14.8. The van der Waals surface area contributed by atoms with Gasteiger partial charge >= 0.3 is 0 Å². The summed E-state index contributed by atoms with van der Waals surface area (Å²) < 4.78 is 2.10. The van der Waals surface area contributed by atoms with E-state index in [2.05, 4.69) is 61.8 Å². The van der Waals surface area contributed by atoms with Gasteiger partial charge in [-0.05, 0) is 39.7 Å². The third-order valence-electron chi connectivity index (χ3n) is 4.85. The van der Waals surface area contributed by atoms with Crippen LogP contribution in [-0.4, -0.2) is 39.4 Å². The van der Waals surface area contributed by atoms with E-state index in [-0.39, 0.29) is 5.54 Å². The van der Waals surface area contributed by atoms with Gasteiger partial charge in [-0.2, -0.15) is 5.10 Å². The molecule has 0 saturated carbocycles. The van der Waals surface area contributed by atoms with Gasteiger partial charge in [0.1, 0.15) is 0 Å². The first-order valence-corrected chi connectivity index (χ1v) is 8.00. The lowest BCUT2D eigenvalue weighted by Crippen LogP contribution is -2.61. The lowest BCUT2D eigenvalue weighted by atomic mass is 9.94. The van der Waals surface area contributed by atoms with Crippen LogP contribution in [0.25, 0.3) is 0 Å². The summed E-state index contributed by atoms with van der Waals surface area (Å²) in [4.78, 5) is 2.56. The molecule has 0 bridgehead atoms. The Kier molecular flexibility index (Phi) is 4.86. The molecule has 2 heterocycles. The number of hydrogen-bond donors (Lipinski definition) is 1. The maximum Gasteiger partial charge on any atom is 0.0765 e. The fraction of sp³-hybridized carbons (Fsp3) is 0.812. The second-order valence-corrected chi connectivity index (χ2v) is 6.59. The van der Waals surface area contributed by atoms with Crippen LogP contribution < -0.4 is 5.32 Å². The lowest BCUT2D eigenvalue weighted by molar-refractivity contribution is 0.0852. The molecule has 3 unspecified atom stereocenters. The predicted octanol–water partition coefficient (Wildman–Crippen LogP) is 2.82. The van der Waals surface area contributed by atoms with Gasteiger partial charge in [-0.15, -0.1) is 0 Å². The minimum absolute atomic E-state index is 0.242. The minimum Gasteiger partial charge on any atom is -0.309 e. The van der Waals surface area contributed by atoms with Gasteiger partial charge in [0.25, 0.3) is 0 Å². The van der Waals surface area contributed by atoms with E-state index in [1.54, 1.807) is 0 Å². The molecule has 20 heavy (non-hydrogen) atoms. The number of hydrogen-bond acceptors (Lipinski definition) is 3. The summed E-state index contributed by atoms with van der Waals surface area (Å²) in [5.74, 6) is 0. The van der Waals surface area contributed by atoms with Crippen molar-refractivity contribution >= 4 is 0 Å². The second kappa shape index (κ2) is 6.27. The van der Waals surface area contributed by atoms with Crippen LogP contribution in [0.3, 0.4) is 0 Å². The van der Waals surface area contributed by atoms with Gasteiger partial charge in [0, 0.05) is 43.5 Å². The van der Waals surface area contributed by atoms with Crippen LogP contribution in [-0.2, 0) is 6.54 Å². The Balaban J connectivity index is 2.02. The maximum atomic E-state index is 4.74. The third kappa shape index (κ3) is 3.41. The van der Waals surface area contributed by atoms with Crippen molar-refractivity contribution in [1.29, 1.82) is 0 Å². The highest BCUT2D eigenvalue weighted by molar-refractivity contribution is 5.02. The average Bonchev–Trinajstić information content (AvgIpc) is 2.91. The molecule has 0 aliphatic carbocycles. The van der Waals surface area contributed by atoms with Crippen LogP contribution in [0.1, 0.15) is 59.2 Å². The molecule has 1 saturated heterocycles. The standard InChI is InChI=1S/C16H30N4/c1-6-13(3)20-9-8-15(18-20)11-19-12-16(5,7-2)17-10-14(19)4/h8-9,13-14,17H,6-7,10-12H2,1-5H3. The SMILES string of the molecule is CCC(C)n1ccc(CN2CC(C)(CC)NCC2C)n1. The number of nitrogens with zero attached hydrogens (tertiary/aromatic N) is 3. The van der Waals surface area contributed by atoms with Crippen molar-refractivity contribution in [1.82, 2.24) is 20.0 Å². The van der Waals surface area contributed by atoms with Gasteiger partial charge in [0.2, 0.25) is 0 Å². The molecule has 0 radical (unpaired) electrons. The molecule has 0 aromatic carbocycles. The Morgan fingerprint density at radius 3 is 2.90 bits per heavy atom. The average molecular weight is 278 g/mol. The van der Waals surface area contributed by atoms with Crippen LogP contribution in [0.5, 0.6) is 0 Å². The highest BCUT2D eigenvalue weighted by Crippen LogP contribution is 2.20. The summed E-state index contributed by atoms with van der Waals surface area (Å²) in [6, 6.07) is 3.23. The van der Waals surface area contributed by atoms with E-state index < -0.39 is 0 Å². The predicted molar refractivity (Wildman–Crippen MR) is 83.8 cm³/mol. The summed E-state index contributed by atoms with van der Waals surface area (Å²) in [6.45, 7) is 14.4. The van der Waals surface area contributed by atoms with Crippen molar-refractivity contribution in [2.75, 3.05) is 13.1 Å². The van der Waals surface area contributed by atoms with Gasteiger partial charge in [0.15, 0.2) is 0 Å². The third-order valence-corrected chi connectivity index (χ3v) is 4.85. The Labute approximate surface area is 123 Å². The van der Waals surface area contributed by atoms with Crippen LogP contribution in [0.2, 0.25) is 0 Å². The topological polar surface area (TPSA) is 33.1 Å². The molecule has 3 atom stereocenters. The van der Waals surface area contributed by atoms with Crippen molar-refractivity contribution in [2.24, 2.45) is 0 Å². The van der Waals surface area contributed by atoms with E-state index in [4.69, 9.17) is 5.10 Å². The number of rotatable bonds is 5. The summed E-state index contributed by atoms with van der Waals surface area (Å²) in [5.41, 5.74) is 1.43. The van der Waals surface area contributed by atoms with E-state index in [1.165, 1.54) is 5.69 Å². The molecule has 1 N–H and O–H groups in total. The molecular formula is C16H30N4. The molecule has 1 aromatic heterocycles. The molecule has 1 aliphatic rings. The Morgan fingerprint density at radius 2 is 2.25 bits per heavy atom. The molecule has 0 amide bonds. The smallest absolute Gasteiger partial charge is 0.0765 e. The Bertz CT molecular complexity index is 428. The zero-order valence-corrected chi connectivity index (χ0v) is 13.7. The van der Waals surface area contributed by atoms with Gasteiger partial charge in [0.05, 0.1) is 5.69 Å². The van der Waals surface area contributed by atoms with E-state index >= 15 is 0 Å². The highest BCUT2D eigenvalue weighted by atomic mass is 15.3. The molecule has 4 heteroatoms. The van der Waals surface area contributed by atoms with Gasteiger partial charge in [-0.25, -0.2) is 0 Å². The van der Waals surface area contributed by atoms with Crippen molar-refractivity contribution in [2.45, 2.75) is 71.6 Å². The normalized spacial score (nSPS) is 29.6. The molecule has 1 aliphatic heterocycles. The highest BCUT2D eigenvalue weighted by Gasteiger charge is 2.32. The molecule has 1 fully saturated rings. The molecule has 0 spiro atoms. The fourth-order valence-electron chi connectivity index (χ4n) is 2.73. The first-order chi connectivity index (χ1) is 9.47. The Morgan fingerprint density at radius 1 is 1.50 bits per heavy atom. The minimum atomic E-state index is 0.242. The van der Waals surface area contributed by atoms with E-state index in [1.807, 2.05) is 0 Å². The zero-order valence-electron chi connectivity index (χ0n) is 13.7. The van der Waals surface area contributed by atoms with Crippen molar-refractivity contribution in [3.8, 4) is 0 Å². The molecule has 2 rings (SSSR count). The van der Waals surface area contributed by atoms with Crippen LogP contribution in [0.4, 0.5) is 0 Å². The van der Waals surface area contributed by atoms with Gasteiger partial charge in [-0.1, -0.05) is 13.8 Å². The summed E-state index contributed by atoms with van der Waals surface area (Å²) in [6.07, 6.45) is 4.41. The van der Waals surface area contributed by atoms with Gasteiger partial charge in [-0.3, -0.25) is 9.58 Å². The molecule has 1 aromatic rings. The number of aromatic nitrogens is 2. The molecule has 4 nitrogen and oxygen atoms in total. The lowest BCUT2D eigenvalue weighted by Gasteiger charge is -2.44. The molecule has 114 valence electrons. The first-order valence-electron chi connectivity index (χ1n) is 8.00. The monoisotopic (exact) mass is 278 g/mol. The summed E-state index contributed by atoms with van der Waals surface area (Å²) in [5, 5.41) is 8.41. The maximum absolute atomic E-state index is 4.74. The van der Waals surface area contributed by atoms with Crippen molar-refractivity contribution in [3.63, 3.8) is 0 Å². The largest absolute Gasteiger partial charge is 0.309 e. The van der Waals surface area contributed by atoms with Crippen molar-refractivity contribution in [3.05, 3.63) is 18.0 Å². The Hall–Kier alpha value is -0.870. The fourth-order valence-corrected chi connectivity index (χ4v) is 2.73.